The first kappa shape index (κ1) is 28.6. The lowest BCUT2D eigenvalue weighted by Crippen LogP contribution is -2.56. The standard InChI is InChI=1S/C31H33N3O6/c1-17-9-11-23(19(3)13-17)32-29(36)27-25(35)16-31(5,38)28(26(27)21-7-6-8-22(15-21)34(39)40)30(37)33-24-12-10-18(2)14-20(24)4/h6-15,26-28,38H,16H2,1-5H3,(H,32,36)(H,33,37)/t26-,27-,28-,31+/m1/s1. The van der Waals surface area contributed by atoms with Gasteiger partial charge in [-0.1, -0.05) is 47.5 Å². The summed E-state index contributed by atoms with van der Waals surface area (Å²) in [5.74, 6) is -5.62. The van der Waals surface area contributed by atoms with Crippen molar-refractivity contribution < 1.29 is 24.4 Å². The molecular formula is C31H33N3O6. The van der Waals surface area contributed by atoms with Crippen molar-refractivity contribution in [3.8, 4) is 0 Å². The van der Waals surface area contributed by atoms with E-state index < -0.39 is 52.3 Å². The van der Waals surface area contributed by atoms with Gasteiger partial charge in [-0.05, 0) is 63.4 Å². The molecule has 1 aliphatic rings. The summed E-state index contributed by atoms with van der Waals surface area (Å²) in [7, 11) is 0. The maximum Gasteiger partial charge on any atom is 0.269 e. The Kier molecular flexibility index (Phi) is 7.88. The van der Waals surface area contributed by atoms with E-state index in [-0.39, 0.29) is 11.3 Å². The first-order chi connectivity index (χ1) is 18.8. The molecule has 0 aromatic heterocycles. The van der Waals surface area contributed by atoms with Gasteiger partial charge in [-0.3, -0.25) is 24.5 Å². The maximum atomic E-state index is 13.9. The van der Waals surface area contributed by atoms with Gasteiger partial charge in [0.05, 0.1) is 16.4 Å². The predicted molar refractivity (Wildman–Crippen MR) is 152 cm³/mol. The van der Waals surface area contributed by atoms with Crippen LogP contribution in [0.4, 0.5) is 17.1 Å². The minimum absolute atomic E-state index is 0.240. The van der Waals surface area contributed by atoms with Crippen LogP contribution in [0.1, 0.15) is 47.1 Å². The quantitative estimate of drug-likeness (QED) is 0.223. The van der Waals surface area contributed by atoms with Crippen LogP contribution in [0.5, 0.6) is 0 Å². The number of benzene rings is 3. The van der Waals surface area contributed by atoms with E-state index in [9.17, 15) is 29.6 Å². The molecule has 9 heteroatoms. The number of hydrogen-bond donors (Lipinski definition) is 3. The zero-order valence-corrected chi connectivity index (χ0v) is 23.1. The summed E-state index contributed by atoms with van der Waals surface area (Å²) in [6.07, 6.45) is -0.436. The molecule has 4 rings (SSSR count). The molecule has 0 aliphatic heterocycles. The third kappa shape index (κ3) is 5.79. The molecule has 3 N–H and O–H groups in total. The van der Waals surface area contributed by atoms with E-state index in [0.29, 0.717) is 11.4 Å². The van der Waals surface area contributed by atoms with E-state index in [0.717, 1.165) is 22.3 Å². The third-order valence-corrected chi connectivity index (χ3v) is 7.58. The number of nitrogens with zero attached hydrogens (tertiary/aromatic N) is 1. The number of carbonyl (C=O) groups is 3. The normalized spacial score (nSPS) is 22.4. The highest BCUT2D eigenvalue weighted by atomic mass is 16.6. The summed E-state index contributed by atoms with van der Waals surface area (Å²) in [6, 6.07) is 16.5. The van der Waals surface area contributed by atoms with Gasteiger partial charge in [-0.2, -0.15) is 0 Å². The van der Waals surface area contributed by atoms with Crippen LogP contribution in [0.25, 0.3) is 0 Å². The van der Waals surface area contributed by atoms with Crippen molar-refractivity contribution in [1.29, 1.82) is 0 Å². The summed E-state index contributed by atoms with van der Waals surface area (Å²) in [5, 5.41) is 28.8. The van der Waals surface area contributed by atoms with Crippen molar-refractivity contribution in [2.24, 2.45) is 11.8 Å². The fraction of sp³-hybridized carbons (Fsp3) is 0.323. The first-order valence-electron chi connectivity index (χ1n) is 13.0. The van der Waals surface area contributed by atoms with Gasteiger partial charge in [0.25, 0.3) is 5.69 Å². The number of nitrogens with one attached hydrogen (secondary N) is 2. The number of rotatable bonds is 6. The van der Waals surface area contributed by atoms with Crippen molar-refractivity contribution >= 4 is 34.7 Å². The van der Waals surface area contributed by atoms with Gasteiger partial charge in [0.2, 0.25) is 11.8 Å². The minimum Gasteiger partial charge on any atom is -0.389 e. The number of nitro groups is 1. The number of non-ortho nitro benzene ring substituents is 1. The zero-order chi connectivity index (χ0) is 29.4. The Labute approximate surface area is 232 Å². The van der Waals surface area contributed by atoms with E-state index in [1.165, 1.54) is 25.1 Å². The van der Waals surface area contributed by atoms with Crippen LogP contribution >= 0.6 is 0 Å². The molecule has 0 saturated heterocycles. The molecule has 2 amide bonds. The van der Waals surface area contributed by atoms with Gasteiger partial charge in [0.15, 0.2) is 0 Å². The van der Waals surface area contributed by atoms with Crippen LogP contribution in [-0.2, 0) is 14.4 Å². The van der Waals surface area contributed by atoms with Crippen LogP contribution in [0, 0.1) is 49.6 Å². The second kappa shape index (κ2) is 11.0. The summed E-state index contributed by atoms with van der Waals surface area (Å²) in [6.45, 7) is 8.90. The van der Waals surface area contributed by atoms with E-state index in [1.807, 2.05) is 52.0 Å². The molecule has 0 unspecified atom stereocenters. The van der Waals surface area contributed by atoms with Gasteiger partial charge < -0.3 is 15.7 Å². The van der Waals surface area contributed by atoms with Crippen LogP contribution < -0.4 is 10.6 Å². The predicted octanol–water partition coefficient (Wildman–Crippen LogP) is 5.15. The van der Waals surface area contributed by atoms with Crippen molar-refractivity contribution in [2.45, 2.75) is 52.6 Å². The molecular weight excluding hydrogens is 510 g/mol. The van der Waals surface area contributed by atoms with Gasteiger partial charge in [0.1, 0.15) is 11.7 Å². The zero-order valence-electron chi connectivity index (χ0n) is 23.1. The second-order valence-electron chi connectivity index (χ2n) is 10.9. The van der Waals surface area contributed by atoms with Crippen molar-refractivity contribution in [1.82, 2.24) is 0 Å². The summed E-state index contributed by atoms with van der Waals surface area (Å²) >= 11 is 0. The Morgan fingerprint density at radius 1 is 0.900 bits per heavy atom. The molecule has 1 saturated carbocycles. The largest absolute Gasteiger partial charge is 0.389 e. The first-order valence-corrected chi connectivity index (χ1v) is 13.0. The highest BCUT2D eigenvalue weighted by Crippen LogP contribution is 2.47. The summed E-state index contributed by atoms with van der Waals surface area (Å²) < 4.78 is 0. The van der Waals surface area contributed by atoms with Gasteiger partial charge in [0, 0.05) is 35.8 Å². The second-order valence-corrected chi connectivity index (χ2v) is 10.9. The highest BCUT2D eigenvalue weighted by Gasteiger charge is 2.56. The highest BCUT2D eigenvalue weighted by molar-refractivity contribution is 6.10. The summed E-state index contributed by atoms with van der Waals surface area (Å²) in [4.78, 5) is 52.2. The molecule has 0 bridgehead atoms. The third-order valence-electron chi connectivity index (χ3n) is 7.58. The maximum absolute atomic E-state index is 13.9. The average Bonchev–Trinajstić information content (AvgIpc) is 2.86. The van der Waals surface area contributed by atoms with Crippen molar-refractivity contribution in [3.63, 3.8) is 0 Å². The van der Waals surface area contributed by atoms with Crippen molar-refractivity contribution in [3.05, 3.63) is 98.6 Å². The van der Waals surface area contributed by atoms with E-state index in [2.05, 4.69) is 10.6 Å². The van der Waals surface area contributed by atoms with Crippen LogP contribution in [-0.4, -0.2) is 33.2 Å². The van der Waals surface area contributed by atoms with Gasteiger partial charge >= 0.3 is 0 Å². The lowest BCUT2D eigenvalue weighted by atomic mass is 9.61. The van der Waals surface area contributed by atoms with Crippen molar-refractivity contribution in [2.75, 3.05) is 10.6 Å². The van der Waals surface area contributed by atoms with Crippen LogP contribution in [0.15, 0.2) is 60.7 Å². The number of Topliss-reactive ketones (excluding diaryl/α,β-unsaturated/α-hetero) is 1. The lowest BCUT2D eigenvalue weighted by molar-refractivity contribution is -0.385. The molecule has 3 aromatic rings. The number of hydrogen-bond acceptors (Lipinski definition) is 6. The number of ketones is 1. The van der Waals surface area contributed by atoms with Gasteiger partial charge in [-0.15, -0.1) is 0 Å². The SMILES string of the molecule is Cc1ccc(NC(=O)[C@@H]2C(=O)C[C@](C)(O)[C@@H](C(=O)Nc3ccc(C)cc3C)[C@@H]2c2cccc([N+](=O)[O-])c2)c(C)c1. The van der Waals surface area contributed by atoms with E-state index in [1.54, 1.807) is 18.2 Å². The monoisotopic (exact) mass is 543 g/mol. The Morgan fingerprint density at radius 3 is 1.98 bits per heavy atom. The molecule has 1 fully saturated rings. The number of anilines is 2. The van der Waals surface area contributed by atoms with E-state index >= 15 is 0 Å². The fourth-order valence-corrected chi connectivity index (χ4v) is 5.67. The molecule has 208 valence electrons. The Bertz CT molecular complexity index is 1510. The molecule has 1 aliphatic carbocycles. The molecule has 4 atom stereocenters. The number of nitro benzene ring substituents is 1. The number of carbonyl (C=O) groups excluding carboxylic acids is 3. The lowest BCUT2D eigenvalue weighted by Gasteiger charge is -2.44. The Morgan fingerprint density at radius 2 is 1.45 bits per heavy atom. The Balaban J connectivity index is 1.82. The minimum atomic E-state index is -1.83. The Hall–Kier alpha value is -4.37. The molecule has 0 spiro atoms. The molecule has 9 nitrogen and oxygen atoms in total. The molecule has 40 heavy (non-hydrogen) atoms. The van der Waals surface area contributed by atoms with Crippen LogP contribution in [0.2, 0.25) is 0 Å². The number of aliphatic hydroxyl groups is 1. The summed E-state index contributed by atoms with van der Waals surface area (Å²) in [5.41, 5.74) is 2.79. The number of aryl methyl sites for hydroxylation is 4. The van der Waals surface area contributed by atoms with Gasteiger partial charge in [-0.25, -0.2) is 0 Å². The fourth-order valence-electron chi connectivity index (χ4n) is 5.67. The average molecular weight is 544 g/mol. The molecule has 3 aromatic carbocycles. The smallest absolute Gasteiger partial charge is 0.269 e. The molecule has 0 radical (unpaired) electrons. The van der Waals surface area contributed by atoms with Crippen LogP contribution in [0.3, 0.4) is 0 Å². The van der Waals surface area contributed by atoms with E-state index in [4.69, 9.17) is 0 Å². The topological polar surface area (TPSA) is 139 Å². The molecule has 0 heterocycles. The number of amides is 2.